The molecular formula is C14H14F16O4. The van der Waals surface area contributed by atoms with Gasteiger partial charge in [0.05, 0.1) is 25.0 Å². The summed E-state index contributed by atoms with van der Waals surface area (Å²) in [7, 11) is 0. The lowest BCUT2D eigenvalue weighted by Crippen LogP contribution is -2.61. The van der Waals surface area contributed by atoms with Gasteiger partial charge in [-0.15, -0.1) is 0 Å². The van der Waals surface area contributed by atoms with E-state index in [2.05, 4.69) is 4.74 Å². The first-order chi connectivity index (χ1) is 14.8. The molecule has 0 aliphatic heterocycles. The molecular weight excluding hydrogens is 536 g/mol. The Morgan fingerprint density at radius 2 is 1.00 bits per heavy atom. The van der Waals surface area contributed by atoms with Gasteiger partial charge in [-0.25, -0.2) is 17.6 Å². The van der Waals surface area contributed by atoms with Crippen molar-refractivity contribution in [1.29, 1.82) is 0 Å². The third kappa shape index (κ3) is 7.87. The minimum Gasteiger partial charge on any atom is -0.396 e. The van der Waals surface area contributed by atoms with E-state index in [4.69, 9.17) is 10.2 Å². The predicted octanol–water partition coefficient (Wildman–Crippen LogP) is 3.88. The van der Waals surface area contributed by atoms with Gasteiger partial charge in [0.1, 0.15) is 6.10 Å². The van der Waals surface area contributed by atoms with E-state index in [0.717, 1.165) is 0 Å². The molecule has 0 amide bonds. The summed E-state index contributed by atoms with van der Waals surface area (Å²) in [6, 6.07) is 0. The Labute approximate surface area is 178 Å². The van der Waals surface area contributed by atoms with E-state index in [-0.39, 0.29) is 0 Å². The molecule has 8 unspecified atom stereocenters. The van der Waals surface area contributed by atoms with Gasteiger partial charge in [0.2, 0.25) is 30.5 Å². The molecule has 206 valence electrons. The fourth-order valence-corrected chi connectivity index (χ4v) is 2.50. The van der Waals surface area contributed by atoms with Gasteiger partial charge < -0.3 is 20.1 Å². The number of hydrogen-bond donors (Lipinski definition) is 3. The fourth-order valence-electron chi connectivity index (χ4n) is 2.50. The summed E-state index contributed by atoms with van der Waals surface area (Å²) in [5.41, 5.74) is 0. The van der Waals surface area contributed by atoms with Crippen LogP contribution in [0.5, 0.6) is 0 Å². The van der Waals surface area contributed by atoms with Crippen molar-refractivity contribution in [3.05, 3.63) is 0 Å². The molecule has 0 aliphatic carbocycles. The summed E-state index contributed by atoms with van der Waals surface area (Å²) >= 11 is 0. The summed E-state index contributed by atoms with van der Waals surface area (Å²) in [6.45, 7) is -5.43. The van der Waals surface area contributed by atoms with Gasteiger partial charge in [0.15, 0.2) is 0 Å². The van der Waals surface area contributed by atoms with E-state index in [0.29, 0.717) is 0 Å². The van der Waals surface area contributed by atoms with Crippen molar-refractivity contribution in [1.82, 2.24) is 0 Å². The zero-order valence-corrected chi connectivity index (χ0v) is 15.8. The van der Waals surface area contributed by atoms with Crippen LogP contribution in [0.2, 0.25) is 0 Å². The second-order valence-corrected chi connectivity index (χ2v) is 6.74. The molecule has 0 aromatic rings. The Hall–Kier alpha value is -1.28. The molecule has 8 atom stereocenters. The van der Waals surface area contributed by atoms with Gasteiger partial charge in [0, 0.05) is 0 Å². The number of hydrogen-bond acceptors (Lipinski definition) is 4. The molecule has 0 aliphatic rings. The van der Waals surface area contributed by atoms with Crippen molar-refractivity contribution in [2.45, 2.75) is 61.3 Å². The summed E-state index contributed by atoms with van der Waals surface area (Å²) < 4.78 is 208. The summed E-state index contributed by atoms with van der Waals surface area (Å²) in [5.74, 6) is -13.4. The van der Waals surface area contributed by atoms with Crippen LogP contribution in [0.15, 0.2) is 0 Å². The first-order valence-corrected chi connectivity index (χ1v) is 8.31. The van der Waals surface area contributed by atoms with Crippen molar-refractivity contribution >= 4 is 0 Å². The molecule has 0 bridgehead atoms. The van der Waals surface area contributed by atoms with Crippen LogP contribution >= 0.6 is 0 Å². The average Bonchev–Trinajstić information content (AvgIpc) is 2.63. The topological polar surface area (TPSA) is 69.9 Å². The smallest absolute Gasteiger partial charge is 0.396 e. The van der Waals surface area contributed by atoms with Crippen molar-refractivity contribution in [2.24, 2.45) is 11.8 Å². The third-order valence-electron chi connectivity index (χ3n) is 4.29. The minimum atomic E-state index is -6.50. The maximum Gasteiger partial charge on any atom is 0.425 e. The lowest BCUT2D eigenvalue weighted by Gasteiger charge is -2.41. The van der Waals surface area contributed by atoms with E-state index in [1.165, 1.54) is 0 Å². The Morgan fingerprint density at radius 3 is 1.29 bits per heavy atom. The quantitative estimate of drug-likeness (QED) is 0.286. The lowest BCUT2D eigenvalue weighted by atomic mass is 9.88. The van der Waals surface area contributed by atoms with E-state index in [9.17, 15) is 75.4 Å². The number of ether oxygens (including phenoxy) is 1. The maximum atomic E-state index is 13.8. The monoisotopic (exact) mass is 550 g/mol. The second kappa shape index (κ2) is 10.8. The summed E-state index contributed by atoms with van der Waals surface area (Å²) in [5, 5.41) is 27.7. The van der Waals surface area contributed by atoms with Crippen LogP contribution in [0.4, 0.5) is 70.2 Å². The highest BCUT2D eigenvalue weighted by molar-refractivity contribution is 4.96. The van der Waals surface area contributed by atoms with Crippen LogP contribution in [0.3, 0.4) is 0 Å². The molecule has 4 nitrogen and oxygen atoms in total. The molecule has 0 fully saturated rings. The molecule has 34 heavy (non-hydrogen) atoms. The SMILES string of the molecule is OCC(C(F)C(F)(F)F)C(O)(OCC(C(O)C(F)C(F)(F)F)C(F)C(F)(F)F)C(F)C(F)(F)F. The summed E-state index contributed by atoms with van der Waals surface area (Å²) in [4.78, 5) is 0. The number of aliphatic hydroxyl groups is 3. The normalized spacial score (nSPS) is 22.3. The van der Waals surface area contributed by atoms with Gasteiger partial charge >= 0.3 is 24.7 Å². The molecule has 0 aromatic carbocycles. The van der Waals surface area contributed by atoms with Crippen molar-refractivity contribution in [3.63, 3.8) is 0 Å². The van der Waals surface area contributed by atoms with Crippen LogP contribution in [0.1, 0.15) is 0 Å². The molecule has 0 saturated carbocycles. The Kier molecular flexibility index (Phi) is 10.4. The zero-order chi connectivity index (χ0) is 27.7. The molecule has 3 N–H and O–H groups in total. The van der Waals surface area contributed by atoms with E-state index in [1.54, 1.807) is 0 Å². The molecule has 0 spiro atoms. The van der Waals surface area contributed by atoms with Gasteiger partial charge in [0.25, 0.3) is 0 Å². The number of halogens is 16. The molecule has 0 rings (SSSR count). The van der Waals surface area contributed by atoms with E-state index in [1.807, 2.05) is 0 Å². The van der Waals surface area contributed by atoms with Gasteiger partial charge in [-0.05, 0) is 0 Å². The van der Waals surface area contributed by atoms with Crippen LogP contribution in [-0.4, -0.2) is 89.8 Å². The predicted molar refractivity (Wildman–Crippen MR) is 74.8 cm³/mol. The summed E-state index contributed by atoms with van der Waals surface area (Å²) in [6.07, 6.45) is -49.0. The molecule has 0 aromatic heterocycles. The number of alkyl halides is 16. The number of aliphatic hydroxyl groups excluding tert-OH is 2. The zero-order valence-electron chi connectivity index (χ0n) is 15.8. The third-order valence-corrected chi connectivity index (χ3v) is 4.29. The fraction of sp³-hybridized carbons (Fsp3) is 1.00. The standard InChI is InChI=1S/C14H14F16O4/c15-6(11(19,20)21)3(5(32)8(17)13(25,26)27)2-34-10(33,9(18)14(28,29)30)4(1-31)7(16)12(22,23)24/h3-9,31-33H,1-2H2. The Morgan fingerprint density at radius 1 is 0.618 bits per heavy atom. The van der Waals surface area contributed by atoms with Crippen LogP contribution < -0.4 is 0 Å². The minimum absolute atomic E-state index is 2.56. The second-order valence-electron chi connectivity index (χ2n) is 6.74. The molecule has 0 heterocycles. The highest BCUT2D eigenvalue weighted by Crippen LogP contribution is 2.43. The van der Waals surface area contributed by atoms with Gasteiger partial charge in [-0.2, -0.15) is 52.7 Å². The Bertz CT molecular complexity index is 631. The van der Waals surface area contributed by atoms with Crippen molar-refractivity contribution in [2.75, 3.05) is 13.2 Å². The van der Waals surface area contributed by atoms with Crippen LogP contribution in [0.25, 0.3) is 0 Å². The van der Waals surface area contributed by atoms with Crippen molar-refractivity contribution in [3.8, 4) is 0 Å². The van der Waals surface area contributed by atoms with E-state index >= 15 is 0 Å². The first kappa shape index (κ1) is 32.7. The van der Waals surface area contributed by atoms with Gasteiger partial charge in [-0.1, -0.05) is 0 Å². The average molecular weight is 550 g/mol. The van der Waals surface area contributed by atoms with Crippen LogP contribution in [-0.2, 0) is 4.74 Å². The van der Waals surface area contributed by atoms with Crippen LogP contribution in [0, 0.1) is 11.8 Å². The number of rotatable bonds is 10. The van der Waals surface area contributed by atoms with Crippen molar-refractivity contribution < 1.29 is 90.3 Å². The van der Waals surface area contributed by atoms with E-state index < -0.39 is 86.3 Å². The molecule has 0 saturated heterocycles. The largest absolute Gasteiger partial charge is 0.425 e. The first-order valence-electron chi connectivity index (χ1n) is 8.31. The highest BCUT2D eigenvalue weighted by Gasteiger charge is 2.65. The molecule has 20 heteroatoms. The maximum absolute atomic E-state index is 13.8. The highest BCUT2D eigenvalue weighted by atomic mass is 19.4. The lowest BCUT2D eigenvalue weighted by molar-refractivity contribution is -0.360. The van der Waals surface area contributed by atoms with Gasteiger partial charge in [-0.3, -0.25) is 0 Å². The Balaban J connectivity index is 6.48. The molecule has 0 radical (unpaired) electrons.